The molecule has 3 rings (SSSR count). The SMILES string of the molecule is NC(=O)c1ccccc1NC(=O)C1=C(O)c2ccc(Br)cc2S(=O)(=O)N1. The van der Waals surface area contributed by atoms with Gasteiger partial charge in [-0.1, -0.05) is 28.1 Å². The normalized spacial score (nSPS) is 15.0. The Morgan fingerprint density at radius 2 is 1.85 bits per heavy atom. The van der Waals surface area contributed by atoms with Crippen molar-refractivity contribution in [2.75, 3.05) is 5.32 Å². The van der Waals surface area contributed by atoms with Crippen LogP contribution in [-0.4, -0.2) is 25.3 Å². The number of nitrogens with two attached hydrogens (primary N) is 1. The summed E-state index contributed by atoms with van der Waals surface area (Å²) in [6, 6.07) is 10.2. The number of halogens is 1. The van der Waals surface area contributed by atoms with Crippen LogP contribution in [0.2, 0.25) is 0 Å². The van der Waals surface area contributed by atoms with E-state index in [0.717, 1.165) is 0 Å². The number of aliphatic hydroxyl groups is 1. The van der Waals surface area contributed by atoms with Gasteiger partial charge < -0.3 is 16.2 Å². The van der Waals surface area contributed by atoms with Gasteiger partial charge in [-0.05, 0) is 30.3 Å². The number of benzene rings is 2. The van der Waals surface area contributed by atoms with Gasteiger partial charge in [-0.25, -0.2) is 8.42 Å². The van der Waals surface area contributed by atoms with Gasteiger partial charge in [-0.3, -0.25) is 14.3 Å². The number of fused-ring (bicyclic) bond motifs is 1. The number of para-hydroxylation sites is 1. The van der Waals surface area contributed by atoms with E-state index in [1.54, 1.807) is 12.1 Å². The average Bonchev–Trinajstić information content (AvgIpc) is 2.58. The predicted molar refractivity (Wildman–Crippen MR) is 97.6 cm³/mol. The van der Waals surface area contributed by atoms with E-state index < -0.39 is 33.3 Å². The van der Waals surface area contributed by atoms with Gasteiger partial charge in [0.25, 0.3) is 21.8 Å². The fourth-order valence-electron chi connectivity index (χ4n) is 2.43. The summed E-state index contributed by atoms with van der Waals surface area (Å²) in [6.45, 7) is 0. The highest BCUT2D eigenvalue weighted by atomic mass is 79.9. The Balaban J connectivity index is 2.04. The van der Waals surface area contributed by atoms with Crippen LogP contribution in [0.25, 0.3) is 5.76 Å². The number of hydrogen-bond donors (Lipinski definition) is 4. The fraction of sp³-hybridized carbons (Fsp3) is 0. The molecule has 0 aliphatic carbocycles. The van der Waals surface area contributed by atoms with E-state index in [1.165, 1.54) is 30.3 Å². The van der Waals surface area contributed by atoms with E-state index in [2.05, 4.69) is 21.2 Å². The topological polar surface area (TPSA) is 139 Å². The van der Waals surface area contributed by atoms with Gasteiger partial charge in [-0.2, -0.15) is 0 Å². The van der Waals surface area contributed by atoms with Crippen LogP contribution in [0.5, 0.6) is 0 Å². The number of hydrogen-bond acceptors (Lipinski definition) is 5. The monoisotopic (exact) mass is 437 g/mol. The summed E-state index contributed by atoms with van der Waals surface area (Å²) >= 11 is 3.16. The van der Waals surface area contributed by atoms with Crippen molar-refractivity contribution < 1.29 is 23.1 Å². The van der Waals surface area contributed by atoms with Crippen LogP contribution in [0.15, 0.2) is 57.5 Å². The summed E-state index contributed by atoms with van der Waals surface area (Å²) in [6.07, 6.45) is 0. The van der Waals surface area contributed by atoms with Crippen LogP contribution in [0.4, 0.5) is 5.69 Å². The lowest BCUT2D eigenvalue weighted by Crippen LogP contribution is -2.35. The summed E-state index contributed by atoms with van der Waals surface area (Å²) in [4.78, 5) is 23.8. The third-order valence-corrected chi connectivity index (χ3v) is 5.51. The van der Waals surface area contributed by atoms with Crippen molar-refractivity contribution in [3.8, 4) is 0 Å². The van der Waals surface area contributed by atoms with E-state index in [0.29, 0.717) is 4.47 Å². The molecule has 8 nitrogen and oxygen atoms in total. The number of carbonyl (C=O) groups excluding carboxylic acids is 2. The number of anilines is 1. The van der Waals surface area contributed by atoms with Gasteiger partial charge in [0, 0.05) is 10.0 Å². The quantitative estimate of drug-likeness (QED) is 0.578. The molecule has 0 saturated carbocycles. The van der Waals surface area contributed by atoms with Crippen molar-refractivity contribution in [3.63, 3.8) is 0 Å². The smallest absolute Gasteiger partial charge is 0.276 e. The molecule has 1 aliphatic heterocycles. The third-order valence-electron chi connectivity index (χ3n) is 3.63. The van der Waals surface area contributed by atoms with Crippen molar-refractivity contribution in [2.24, 2.45) is 5.73 Å². The number of amides is 2. The average molecular weight is 438 g/mol. The molecule has 10 heteroatoms. The van der Waals surface area contributed by atoms with Gasteiger partial charge in [0.1, 0.15) is 0 Å². The van der Waals surface area contributed by atoms with Crippen molar-refractivity contribution >= 4 is 49.2 Å². The molecule has 0 atom stereocenters. The Labute approximate surface area is 156 Å². The summed E-state index contributed by atoms with van der Waals surface area (Å²) in [5.74, 6) is -2.23. The largest absolute Gasteiger partial charge is 0.505 e. The third kappa shape index (κ3) is 3.16. The van der Waals surface area contributed by atoms with Crippen LogP contribution < -0.4 is 15.8 Å². The summed E-state index contributed by atoms with van der Waals surface area (Å²) in [5.41, 5.74) is 4.81. The van der Waals surface area contributed by atoms with Crippen molar-refractivity contribution in [1.82, 2.24) is 4.72 Å². The van der Waals surface area contributed by atoms with Crippen molar-refractivity contribution in [3.05, 3.63) is 63.8 Å². The van der Waals surface area contributed by atoms with E-state index >= 15 is 0 Å². The molecule has 26 heavy (non-hydrogen) atoms. The Morgan fingerprint density at radius 3 is 2.54 bits per heavy atom. The predicted octanol–water partition coefficient (Wildman–Crippen LogP) is 1.71. The molecular weight excluding hydrogens is 426 g/mol. The van der Waals surface area contributed by atoms with Gasteiger partial charge in [-0.15, -0.1) is 0 Å². The first-order valence-corrected chi connectivity index (χ1v) is 9.44. The zero-order chi connectivity index (χ0) is 19.1. The number of primary amides is 1. The second-order valence-corrected chi connectivity index (χ2v) is 7.90. The maximum absolute atomic E-state index is 12.5. The Morgan fingerprint density at radius 1 is 1.15 bits per heavy atom. The Hall–Kier alpha value is -2.85. The van der Waals surface area contributed by atoms with Gasteiger partial charge in [0.15, 0.2) is 11.5 Å². The molecule has 0 unspecified atom stereocenters. The van der Waals surface area contributed by atoms with E-state index in [9.17, 15) is 23.1 Å². The number of rotatable bonds is 3. The zero-order valence-corrected chi connectivity index (χ0v) is 15.4. The molecule has 2 aromatic carbocycles. The van der Waals surface area contributed by atoms with Gasteiger partial charge in [0.2, 0.25) is 0 Å². The second-order valence-electron chi connectivity index (χ2n) is 5.33. The molecule has 0 radical (unpaired) electrons. The molecule has 0 fully saturated rings. The molecule has 0 aromatic heterocycles. The number of sulfonamides is 1. The first-order chi connectivity index (χ1) is 12.2. The lowest BCUT2D eigenvalue weighted by molar-refractivity contribution is -0.113. The molecule has 1 heterocycles. The molecule has 134 valence electrons. The lowest BCUT2D eigenvalue weighted by Gasteiger charge is -2.21. The minimum atomic E-state index is -4.06. The molecule has 0 saturated heterocycles. The standard InChI is InChI=1S/C16H12BrN3O5S/c17-8-5-6-10-12(7-8)26(24,25)20-13(14(10)21)16(23)19-11-4-2-1-3-9(11)15(18)22/h1-7,20-21H,(H2,18,22)(H,19,23). The fourth-order valence-corrected chi connectivity index (χ4v) is 4.25. The van der Waals surface area contributed by atoms with Gasteiger partial charge >= 0.3 is 0 Å². The highest BCUT2D eigenvalue weighted by molar-refractivity contribution is 9.10. The van der Waals surface area contributed by atoms with Crippen LogP contribution in [0, 0.1) is 0 Å². The molecular formula is C16H12BrN3O5S. The molecule has 1 aliphatic rings. The first-order valence-electron chi connectivity index (χ1n) is 7.17. The van der Waals surface area contributed by atoms with E-state index in [4.69, 9.17) is 5.73 Å². The summed E-state index contributed by atoms with van der Waals surface area (Å²) < 4.78 is 27.3. The van der Waals surface area contributed by atoms with Crippen LogP contribution in [-0.2, 0) is 14.8 Å². The van der Waals surface area contributed by atoms with Crippen molar-refractivity contribution in [2.45, 2.75) is 4.90 Å². The minimum absolute atomic E-state index is 0.0136. The van der Waals surface area contributed by atoms with Crippen LogP contribution in [0.1, 0.15) is 15.9 Å². The zero-order valence-electron chi connectivity index (χ0n) is 13.0. The van der Waals surface area contributed by atoms with E-state index in [-0.39, 0.29) is 21.7 Å². The first kappa shape index (κ1) is 18.0. The summed E-state index contributed by atoms with van der Waals surface area (Å²) in [5, 5.41) is 12.7. The highest BCUT2D eigenvalue weighted by Crippen LogP contribution is 2.31. The highest BCUT2D eigenvalue weighted by Gasteiger charge is 2.33. The molecule has 2 aromatic rings. The number of aliphatic hydroxyl groups excluding tert-OH is 1. The Bertz CT molecular complexity index is 1080. The van der Waals surface area contributed by atoms with E-state index in [1.807, 2.05) is 4.72 Å². The van der Waals surface area contributed by atoms with Crippen LogP contribution in [0.3, 0.4) is 0 Å². The summed E-state index contributed by atoms with van der Waals surface area (Å²) in [7, 11) is -4.06. The second kappa shape index (κ2) is 6.46. The lowest BCUT2D eigenvalue weighted by atomic mass is 10.1. The van der Waals surface area contributed by atoms with Gasteiger partial charge in [0.05, 0.1) is 16.1 Å². The minimum Gasteiger partial charge on any atom is -0.505 e. The van der Waals surface area contributed by atoms with Crippen LogP contribution >= 0.6 is 15.9 Å². The number of nitrogens with one attached hydrogen (secondary N) is 2. The number of carbonyl (C=O) groups is 2. The molecule has 0 spiro atoms. The Kier molecular flexibility index (Phi) is 4.46. The molecule has 2 amide bonds. The van der Waals surface area contributed by atoms with Crippen molar-refractivity contribution in [1.29, 1.82) is 0 Å². The maximum atomic E-state index is 12.5. The molecule has 5 N–H and O–H groups in total. The molecule has 0 bridgehead atoms. The maximum Gasteiger partial charge on any atom is 0.276 e.